The van der Waals surface area contributed by atoms with Gasteiger partial charge in [0, 0.05) is 5.92 Å². The van der Waals surface area contributed by atoms with E-state index in [4.69, 9.17) is 21.1 Å². The van der Waals surface area contributed by atoms with E-state index < -0.39 is 5.97 Å². The van der Waals surface area contributed by atoms with Gasteiger partial charge in [0.25, 0.3) is 0 Å². The second-order valence-corrected chi connectivity index (χ2v) is 4.94. The van der Waals surface area contributed by atoms with Gasteiger partial charge in [-0.05, 0) is 36.6 Å². The van der Waals surface area contributed by atoms with Gasteiger partial charge >= 0.3 is 5.97 Å². The Morgan fingerprint density at radius 2 is 2.26 bits per heavy atom. The molecule has 19 heavy (non-hydrogen) atoms. The number of esters is 1. The average Bonchev–Trinajstić information content (AvgIpc) is 3.16. The number of aliphatic imine (C=N–C) groups is 1. The van der Waals surface area contributed by atoms with Crippen LogP contribution in [0.4, 0.5) is 0 Å². The average molecular weight is 278 g/mol. The third kappa shape index (κ3) is 2.49. The summed E-state index contributed by atoms with van der Waals surface area (Å²) in [5.41, 5.74) is 1.11. The molecule has 1 aliphatic carbocycles. The first-order chi connectivity index (χ1) is 9.17. The fraction of sp³-hybridized carbons (Fsp3) is 0.286. The molecule has 0 radical (unpaired) electrons. The minimum Gasteiger partial charge on any atom is -0.495 e. The molecule has 1 fully saturated rings. The van der Waals surface area contributed by atoms with Crippen molar-refractivity contribution in [2.75, 3.05) is 7.11 Å². The summed E-state index contributed by atoms with van der Waals surface area (Å²) in [6, 6.07) is 5.29. The topological polar surface area (TPSA) is 47.9 Å². The van der Waals surface area contributed by atoms with E-state index in [0.717, 1.165) is 18.4 Å². The summed E-state index contributed by atoms with van der Waals surface area (Å²) in [4.78, 5) is 15.9. The number of methoxy groups -OCH3 is 1. The Balaban J connectivity index is 1.88. The molecule has 5 heteroatoms. The predicted molar refractivity (Wildman–Crippen MR) is 72.2 cm³/mol. The van der Waals surface area contributed by atoms with E-state index >= 15 is 0 Å². The van der Waals surface area contributed by atoms with Crippen molar-refractivity contribution in [3.05, 3.63) is 34.5 Å². The summed E-state index contributed by atoms with van der Waals surface area (Å²) in [7, 11) is 1.56. The van der Waals surface area contributed by atoms with Crippen molar-refractivity contribution in [2.45, 2.75) is 12.8 Å². The van der Waals surface area contributed by atoms with E-state index in [1.807, 2.05) is 6.07 Å². The highest BCUT2D eigenvalue weighted by atomic mass is 35.5. The van der Waals surface area contributed by atoms with Crippen LogP contribution in [0.2, 0.25) is 5.02 Å². The van der Waals surface area contributed by atoms with Gasteiger partial charge in [-0.15, -0.1) is 0 Å². The number of hydrogen-bond donors (Lipinski definition) is 0. The molecule has 1 saturated carbocycles. The normalized spacial score (nSPS) is 20.4. The SMILES string of the molecule is COc1ccc(/C=C2/N=C(C3CC3)OC2=O)cc1Cl. The van der Waals surface area contributed by atoms with E-state index in [1.165, 1.54) is 0 Å². The van der Waals surface area contributed by atoms with E-state index in [9.17, 15) is 4.79 Å². The van der Waals surface area contributed by atoms with Crippen LogP contribution in [0, 0.1) is 5.92 Å². The molecule has 0 saturated heterocycles. The number of hydrogen-bond acceptors (Lipinski definition) is 4. The van der Waals surface area contributed by atoms with Crippen molar-refractivity contribution in [3.63, 3.8) is 0 Å². The van der Waals surface area contributed by atoms with E-state index in [-0.39, 0.29) is 0 Å². The summed E-state index contributed by atoms with van der Waals surface area (Å²) in [6.45, 7) is 0. The van der Waals surface area contributed by atoms with E-state index in [0.29, 0.717) is 28.3 Å². The molecule has 0 amide bonds. The van der Waals surface area contributed by atoms with Crippen LogP contribution in [-0.4, -0.2) is 19.0 Å². The molecular weight excluding hydrogens is 266 g/mol. The first-order valence-electron chi connectivity index (χ1n) is 6.03. The minimum atomic E-state index is -0.395. The number of carbonyl (C=O) groups excluding carboxylic acids is 1. The third-order valence-corrected chi connectivity index (χ3v) is 3.34. The Hall–Kier alpha value is -1.81. The zero-order valence-electron chi connectivity index (χ0n) is 10.4. The van der Waals surface area contributed by atoms with Crippen molar-refractivity contribution in [3.8, 4) is 5.75 Å². The lowest BCUT2D eigenvalue weighted by atomic mass is 10.2. The Labute approximate surface area is 115 Å². The first-order valence-corrected chi connectivity index (χ1v) is 6.41. The van der Waals surface area contributed by atoms with Gasteiger partial charge in [0.05, 0.1) is 12.1 Å². The summed E-state index contributed by atoms with van der Waals surface area (Å²) >= 11 is 6.03. The molecule has 3 rings (SSSR count). The molecule has 0 unspecified atom stereocenters. The first kappa shape index (κ1) is 12.2. The monoisotopic (exact) mass is 277 g/mol. The molecule has 1 aromatic rings. The molecule has 0 spiro atoms. The van der Waals surface area contributed by atoms with Crippen LogP contribution in [0.5, 0.6) is 5.75 Å². The Morgan fingerprint density at radius 1 is 1.47 bits per heavy atom. The molecule has 0 N–H and O–H groups in total. The highest BCUT2D eigenvalue weighted by molar-refractivity contribution is 6.32. The lowest BCUT2D eigenvalue weighted by Crippen LogP contribution is -2.05. The molecule has 1 aromatic carbocycles. The standard InChI is InChI=1S/C14H12ClNO3/c1-18-12-5-2-8(6-10(12)15)7-11-14(17)19-13(16-11)9-3-4-9/h2,5-7,9H,3-4H2,1H3/b11-7+. The molecule has 0 aromatic heterocycles. The molecule has 1 aliphatic heterocycles. The zero-order chi connectivity index (χ0) is 13.4. The Bertz CT molecular complexity index is 603. The van der Waals surface area contributed by atoms with Crippen molar-refractivity contribution >= 4 is 29.5 Å². The van der Waals surface area contributed by atoms with Gasteiger partial charge in [0.15, 0.2) is 5.70 Å². The van der Waals surface area contributed by atoms with E-state index in [2.05, 4.69) is 4.99 Å². The Morgan fingerprint density at radius 3 is 2.89 bits per heavy atom. The summed E-state index contributed by atoms with van der Waals surface area (Å²) in [5.74, 6) is 1.08. The molecule has 98 valence electrons. The highest BCUT2D eigenvalue weighted by Gasteiger charge is 2.35. The van der Waals surface area contributed by atoms with Crippen LogP contribution in [0.25, 0.3) is 6.08 Å². The van der Waals surface area contributed by atoms with Gasteiger partial charge in [-0.3, -0.25) is 0 Å². The van der Waals surface area contributed by atoms with Gasteiger partial charge in [0.1, 0.15) is 5.75 Å². The molecule has 0 atom stereocenters. The smallest absolute Gasteiger partial charge is 0.363 e. The fourth-order valence-corrected chi connectivity index (χ4v) is 2.13. The number of ether oxygens (including phenoxy) is 2. The zero-order valence-corrected chi connectivity index (χ0v) is 11.1. The number of benzene rings is 1. The molecule has 2 aliphatic rings. The van der Waals surface area contributed by atoms with Gasteiger partial charge < -0.3 is 9.47 Å². The lowest BCUT2D eigenvalue weighted by molar-refractivity contribution is -0.130. The quantitative estimate of drug-likeness (QED) is 0.630. The van der Waals surface area contributed by atoms with Crippen LogP contribution < -0.4 is 4.74 Å². The molecule has 0 bridgehead atoms. The van der Waals surface area contributed by atoms with Crippen LogP contribution in [0.3, 0.4) is 0 Å². The number of halogens is 1. The van der Waals surface area contributed by atoms with Crippen molar-refractivity contribution < 1.29 is 14.3 Å². The summed E-state index contributed by atoms with van der Waals surface area (Å²) in [6.07, 6.45) is 3.77. The second-order valence-electron chi connectivity index (χ2n) is 4.54. The predicted octanol–water partition coefficient (Wildman–Crippen LogP) is 3.05. The van der Waals surface area contributed by atoms with Gasteiger partial charge in [-0.1, -0.05) is 17.7 Å². The second kappa shape index (κ2) is 4.70. The van der Waals surface area contributed by atoms with Crippen molar-refractivity contribution in [1.82, 2.24) is 0 Å². The summed E-state index contributed by atoms with van der Waals surface area (Å²) < 4.78 is 10.2. The minimum absolute atomic E-state index is 0.322. The maximum Gasteiger partial charge on any atom is 0.363 e. The number of rotatable bonds is 3. The Kier molecular flexibility index (Phi) is 3.03. The van der Waals surface area contributed by atoms with E-state index in [1.54, 1.807) is 25.3 Å². The number of nitrogens with zero attached hydrogens (tertiary/aromatic N) is 1. The van der Waals surface area contributed by atoms with Gasteiger partial charge in [0.2, 0.25) is 5.90 Å². The highest BCUT2D eigenvalue weighted by Crippen LogP contribution is 2.34. The van der Waals surface area contributed by atoms with Crippen LogP contribution in [-0.2, 0) is 9.53 Å². The largest absolute Gasteiger partial charge is 0.495 e. The maximum atomic E-state index is 11.7. The fourth-order valence-electron chi connectivity index (χ4n) is 1.86. The van der Waals surface area contributed by atoms with Gasteiger partial charge in [-0.2, -0.15) is 0 Å². The van der Waals surface area contributed by atoms with Crippen molar-refractivity contribution in [1.29, 1.82) is 0 Å². The molecule has 4 nitrogen and oxygen atoms in total. The van der Waals surface area contributed by atoms with Crippen LogP contribution in [0.1, 0.15) is 18.4 Å². The lowest BCUT2D eigenvalue weighted by Gasteiger charge is -2.03. The molecule has 1 heterocycles. The van der Waals surface area contributed by atoms with Crippen molar-refractivity contribution in [2.24, 2.45) is 10.9 Å². The number of cyclic esters (lactones) is 1. The number of carbonyl (C=O) groups is 1. The van der Waals surface area contributed by atoms with Crippen LogP contribution >= 0.6 is 11.6 Å². The molecular formula is C14H12ClNO3. The van der Waals surface area contributed by atoms with Crippen LogP contribution in [0.15, 0.2) is 28.9 Å². The maximum absolute atomic E-state index is 11.7. The third-order valence-electron chi connectivity index (χ3n) is 3.04. The summed E-state index contributed by atoms with van der Waals surface area (Å²) in [5, 5.41) is 0.495. The van der Waals surface area contributed by atoms with Gasteiger partial charge in [-0.25, -0.2) is 9.79 Å².